The maximum Gasteiger partial charge on any atom is 0.238 e. The van der Waals surface area contributed by atoms with Gasteiger partial charge in [0.25, 0.3) is 0 Å². The molecule has 80 valence electrons. The van der Waals surface area contributed by atoms with Crippen molar-refractivity contribution in [1.29, 1.82) is 0 Å². The monoisotopic (exact) mass is 216 g/mol. The molecule has 0 aromatic rings. The van der Waals surface area contributed by atoms with Gasteiger partial charge >= 0.3 is 0 Å². The van der Waals surface area contributed by atoms with Gasteiger partial charge in [0.15, 0.2) is 5.78 Å². The lowest BCUT2D eigenvalue weighted by Crippen LogP contribution is -2.51. The minimum absolute atomic E-state index is 0.0323. The van der Waals surface area contributed by atoms with E-state index in [9.17, 15) is 9.59 Å². The molecule has 1 heterocycles. The number of thioether (sulfide) groups is 1. The van der Waals surface area contributed by atoms with Crippen molar-refractivity contribution >= 4 is 23.5 Å². The zero-order valence-corrected chi connectivity index (χ0v) is 9.56. The Bertz CT molecular complexity index is 266. The van der Waals surface area contributed by atoms with Crippen LogP contribution in [0.15, 0.2) is 0 Å². The van der Waals surface area contributed by atoms with Crippen LogP contribution in [0.3, 0.4) is 0 Å². The van der Waals surface area contributed by atoms with Gasteiger partial charge in [0.1, 0.15) is 6.04 Å². The predicted octanol–water partition coefficient (Wildman–Crippen LogP) is 0.214. The smallest absolute Gasteiger partial charge is 0.238 e. The van der Waals surface area contributed by atoms with Crippen LogP contribution >= 0.6 is 11.8 Å². The molecule has 0 aromatic carbocycles. The molecular weight excluding hydrogens is 200 g/mol. The van der Waals surface area contributed by atoms with Gasteiger partial charge in [0.2, 0.25) is 5.91 Å². The van der Waals surface area contributed by atoms with E-state index in [-0.39, 0.29) is 29.1 Å². The Hall–Kier alpha value is -0.550. The van der Waals surface area contributed by atoms with Crippen molar-refractivity contribution in [3.05, 3.63) is 0 Å². The minimum atomic E-state index is -0.313. The van der Waals surface area contributed by atoms with E-state index in [4.69, 9.17) is 5.73 Å². The fourth-order valence-corrected chi connectivity index (χ4v) is 2.99. The van der Waals surface area contributed by atoms with Gasteiger partial charge in [0.05, 0.1) is 11.4 Å². The molecule has 0 bridgehead atoms. The summed E-state index contributed by atoms with van der Waals surface area (Å²) in [6.45, 7) is 5.36. The van der Waals surface area contributed by atoms with E-state index in [1.54, 1.807) is 16.7 Å². The van der Waals surface area contributed by atoms with Crippen molar-refractivity contribution in [2.75, 3.05) is 12.3 Å². The Labute approximate surface area is 88.2 Å². The molecule has 4 nitrogen and oxygen atoms in total. The van der Waals surface area contributed by atoms with Crippen LogP contribution in [0.1, 0.15) is 20.8 Å². The number of rotatable bonds is 2. The summed E-state index contributed by atoms with van der Waals surface area (Å²) in [5, 5.41) is 0. The zero-order chi connectivity index (χ0) is 10.9. The average Bonchev–Trinajstić information content (AvgIpc) is 2.40. The summed E-state index contributed by atoms with van der Waals surface area (Å²) < 4.78 is 0. The fraction of sp³-hybridized carbons (Fsp3) is 0.778. The molecule has 14 heavy (non-hydrogen) atoms. The first-order valence-electron chi connectivity index (χ1n) is 4.57. The van der Waals surface area contributed by atoms with E-state index in [1.165, 1.54) is 6.92 Å². The largest absolute Gasteiger partial charge is 0.322 e. The van der Waals surface area contributed by atoms with Crippen molar-refractivity contribution in [1.82, 2.24) is 4.90 Å². The fourth-order valence-electron chi connectivity index (χ4n) is 1.67. The lowest BCUT2D eigenvalue weighted by Gasteiger charge is -2.33. The van der Waals surface area contributed by atoms with Crippen LogP contribution in [0.4, 0.5) is 0 Å². The summed E-state index contributed by atoms with van der Waals surface area (Å²) in [4.78, 5) is 24.2. The van der Waals surface area contributed by atoms with Crippen LogP contribution in [0.25, 0.3) is 0 Å². The molecule has 1 amide bonds. The molecule has 0 unspecified atom stereocenters. The molecule has 0 aromatic heterocycles. The summed E-state index contributed by atoms with van der Waals surface area (Å²) >= 11 is 1.62. The van der Waals surface area contributed by atoms with Crippen LogP contribution in [-0.4, -0.2) is 39.8 Å². The Balaban J connectivity index is 2.92. The predicted molar refractivity (Wildman–Crippen MR) is 56.9 cm³/mol. The van der Waals surface area contributed by atoms with Crippen molar-refractivity contribution < 1.29 is 9.59 Å². The summed E-state index contributed by atoms with van der Waals surface area (Å²) in [6.07, 6.45) is 0. The number of carbonyl (C=O) groups excluding carboxylic acids is 2. The molecule has 0 aliphatic carbocycles. The molecule has 0 radical (unpaired) electrons. The molecular formula is C9H16N2O2S. The summed E-state index contributed by atoms with van der Waals surface area (Å²) in [5.74, 6) is 0.554. The van der Waals surface area contributed by atoms with Crippen LogP contribution < -0.4 is 5.73 Å². The normalized spacial score (nSPS) is 25.1. The van der Waals surface area contributed by atoms with Crippen molar-refractivity contribution in [3.63, 3.8) is 0 Å². The first kappa shape index (κ1) is 11.5. The van der Waals surface area contributed by atoms with E-state index in [0.717, 1.165) is 0 Å². The van der Waals surface area contributed by atoms with Crippen molar-refractivity contribution in [2.24, 2.45) is 5.73 Å². The highest BCUT2D eigenvalue weighted by Crippen LogP contribution is 2.38. The van der Waals surface area contributed by atoms with Gasteiger partial charge in [-0.25, -0.2) is 0 Å². The number of nitrogens with zero attached hydrogens (tertiary/aromatic N) is 1. The van der Waals surface area contributed by atoms with E-state index in [0.29, 0.717) is 5.75 Å². The van der Waals surface area contributed by atoms with E-state index >= 15 is 0 Å². The third-order valence-electron chi connectivity index (χ3n) is 2.40. The van der Waals surface area contributed by atoms with Gasteiger partial charge in [-0.15, -0.1) is 11.8 Å². The van der Waals surface area contributed by atoms with Gasteiger partial charge < -0.3 is 10.6 Å². The molecule has 1 aliphatic rings. The molecule has 0 spiro atoms. The molecule has 1 fully saturated rings. The number of ketones is 1. The number of carbonyl (C=O) groups is 2. The molecule has 0 saturated carbocycles. The Morgan fingerprint density at radius 2 is 2.14 bits per heavy atom. The second kappa shape index (κ2) is 3.90. The number of hydrogen-bond acceptors (Lipinski definition) is 4. The summed E-state index contributed by atoms with van der Waals surface area (Å²) in [7, 11) is 0. The molecule has 1 rings (SSSR count). The third kappa shape index (κ3) is 1.93. The Morgan fingerprint density at radius 1 is 1.57 bits per heavy atom. The van der Waals surface area contributed by atoms with Crippen LogP contribution in [0.5, 0.6) is 0 Å². The van der Waals surface area contributed by atoms with Crippen LogP contribution in [-0.2, 0) is 9.59 Å². The quantitative estimate of drug-likeness (QED) is 0.717. The van der Waals surface area contributed by atoms with E-state index in [2.05, 4.69) is 0 Å². The number of nitrogens with two attached hydrogens (primary N) is 1. The van der Waals surface area contributed by atoms with Gasteiger partial charge in [-0.2, -0.15) is 0 Å². The van der Waals surface area contributed by atoms with Crippen molar-refractivity contribution in [3.8, 4) is 0 Å². The van der Waals surface area contributed by atoms with Gasteiger partial charge in [-0.3, -0.25) is 9.59 Å². The van der Waals surface area contributed by atoms with Crippen molar-refractivity contribution in [2.45, 2.75) is 31.7 Å². The molecule has 1 atom stereocenters. The topological polar surface area (TPSA) is 63.4 Å². The van der Waals surface area contributed by atoms with E-state index < -0.39 is 0 Å². The van der Waals surface area contributed by atoms with E-state index in [1.807, 2.05) is 13.8 Å². The summed E-state index contributed by atoms with van der Waals surface area (Å²) in [5.41, 5.74) is 5.32. The third-order valence-corrected chi connectivity index (χ3v) is 3.78. The minimum Gasteiger partial charge on any atom is -0.322 e. The second-order valence-electron chi connectivity index (χ2n) is 3.85. The second-order valence-corrected chi connectivity index (χ2v) is 5.47. The first-order chi connectivity index (χ1) is 6.40. The highest BCUT2D eigenvalue weighted by Gasteiger charge is 2.44. The van der Waals surface area contributed by atoms with Gasteiger partial charge in [0, 0.05) is 5.75 Å². The van der Waals surface area contributed by atoms with Crippen LogP contribution in [0.2, 0.25) is 0 Å². The number of amides is 1. The molecule has 2 N–H and O–H groups in total. The Kier molecular flexibility index (Phi) is 3.21. The average molecular weight is 216 g/mol. The highest BCUT2D eigenvalue weighted by molar-refractivity contribution is 8.00. The van der Waals surface area contributed by atoms with Gasteiger partial charge in [-0.05, 0) is 20.8 Å². The Morgan fingerprint density at radius 3 is 2.57 bits per heavy atom. The maximum atomic E-state index is 11.6. The van der Waals surface area contributed by atoms with Gasteiger partial charge in [-0.1, -0.05) is 0 Å². The van der Waals surface area contributed by atoms with Crippen LogP contribution in [0, 0.1) is 0 Å². The molecule has 5 heteroatoms. The zero-order valence-electron chi connectivity index (χ0n) is 8.74. The highest BCUT2D eigenvalue weighted by atomic mass is 32.2. The maximum absolute atomic E-state index is 11.6. The number of Topliss-reactive ketones (excluding diaryl/α,β-unsaturated/α-hetero) is 1. The lowest BCUT2D eigenvalue weighted by molar-refractivity contribution is -0.139. The summed E-state index contributed by atoms with van der Waals surface area (Å²) in [6, 6.07) is -0.300. The first-order valence-corrected chi connectivity index (χ1v) is 5.55. The molecule has 1 aliphatic heterocycles. The standard InChI is InChI=1S/C9H16N2O2S/c1-6(12)7-5-14-9(2,3)11(7)8(13)4-10/h7H,4-5,10H2,1-3H3/t7-/m1/s1. The SMILES string of the molecule is CC(=O)[C@H]1CSC(C)(C)N1C(=O)CN. The lowest BCUT2D eigenvalue weighted by atomic mass is 10.1. The molecule has 1 saturated heterocycles. The number of hydrogen-bond donors (Lipinski definition) is 1.